The number of rotatable bonds is 9. The molecule has 0 heterocycles. The molecule has 37 heavy (non-hydrogen) atoms. The molecule has 2 aromatic carbocycles. The van der Waals surface area contributed by atoms with E-state index in [0.717, 1.165) is 33.4 Å². The molecule has 0 aliphatic heterocycles. The molecule has 6 nitrogen and oxygen atoms in total. The Morgan fingerprint density at radius 3 is 1.43 bits per heavy atom. The third-order valence-corrected chi connectivity index (χ3v) is 10.5. The molecule has 0 bridgehead atoms. The average Bonchev–Trinajstić information content (AvgIpc) is 2.81. The summed E-state index contributed by atoms with van der Waals surface area (Å²) in [7, 11) is -2.29. The standard InChI is InChI=1S/C30H39O6P/c1-17-11-19(3)24(20(4)12-17)28(35)37(29(36)25-21(5)13-18(2)14-22(25)6)26(27(33)34)23-7-9-30(15-31,16-32)10-8-23/h11-14,23,26,31-32H,7-10,15-16H2,1-6H3,(H,33,34). The van der Waals surface area contributed by atoms with Gasteiger partial charge in [0.25, 0.3) is 0 Å². The second kappa shape index (κ2) is 11.6. The second-order valence-corrected chi connectivity index (χ2v) is 13.1. The first kappa shape index (κ1) is 29.2. The third kappa shape index (κ3) is 5.87. The van der Waals surface area contributed by atoms with Crippen molar-refractivity contribution < 1.29 is 29.7 Å². The van der Waals surface area contributed by atoms with E-state index in [9.17, 15) is 29.7 Å². The van der Waals surface area contributed by atoms with Crippen LogP contribution in [-0.2, 0) is 4.79 Å². The van der Waals surface area contributed by atoms with Gasteiger partial charge in [0.15, 0.2) is 11.0 Å². The van der Waals surface area contributed by atoms with Crippen LogP contribution in [0.3, 0.4) is 0 Å². The Kier molecular flexibility index (Phi) is 9.10. The van der Waals surface area contributed by atoms with E-state index in [2.05, 4.69) is 0 Å². The SMILES string of the molecule is Cc1cc(C)c(C(=O)P(C(=O)c2c(C)cc(C)cc2C)C(C(=O)O)C2CCC(CO)(CO)CC2)c(C)c1. The van der Waals surface area contributed by atoms with Crippen molar-refractivity contribution in [1.29, 1.82) is 0 Å². The maximum Gasteiger partial charge on any atom is 0.312 e. The van der Waals surface area contributed by atoms with E-state index in [-0.39, 0.29) is 24.3 Å². The van der Waals surface area contributed by atoms with E-state index in [1.165, 1.54) is 0 Å². The van der Waals surface area contributed by atoms with Gasteiger partial charge in [0, 0.05) is 16.5 Å². The Hall–Kier alpha value is -2.40. The predicted octanol–water partition coefficient (Wildman–Crippen LogP) is 5.61. The molecule has 3 N–H and O–H groups in total. The molecular weight excluding hydrogens is 487 g/mol. The number of benzene rings is 2. The number of aliphatic carboxylic acids is 1. The lowest BCUT2D eigenvalue weighted by atomic mass is 9.70. The Bertz CT molecular complexity index is 1090. The zero-order valence-corrected chi connectivity index (χ0v) is 23.6. The monoisotopic (exact) mass is 526 g/mol. The van der Waals surface area contributed by atoms with E-state index in [0.29, 0.717) is 36.8 Å². The minimum Gasteiger partial charge on any atom is -0.481 e. The smallest absolute Gasteiger partial charge is 0.312 e. The maximum atomic E-state index is 14.3. The van der Waals surface area contributed by atoms with E-state index in [1.807, 2.05) is 65.8 Å². The Labute approximate surface area is 220 Å². The van der Waals surface area contributed by atoms with Crippen molar-refractivity contribution in [3.05, 3.63) is 68.8 Å². The zero-order valence-electron chi connectivity index (χ0n) is 22.7. The number of hydrogen-bond donors (Lipinski definition) is 3. The molecule has 0 aromatic heterocycles. The van der Waals surface area contributed by atoms with Gasteiger partial charge >= 0.3 is 5.97 Å². The molecule has 1 atom stereocenters. The first-order valence-electron chi connectivity index (χ1n) is 12.8. The van der Waals surface area contributed by atoms with Crippen LogP contribution in [0.2, 0.25) is 0 Å². The van der Waals surface area contributed by atoms with E-state index in [4.69, 9.17) is 0 Å². The normalized spacial score (nSPS) is 16.6. The van der Waals surface area contributed by atoms with Crippen LogP contribution in [0.4, 0.5) is 0 Å². The summed E-state index contributed by atoms with van der Waals surface area (Å²) in [5, 5.41) is 30.2. The van der Waals surface area contributed by atoms with Gasteiger partial charge < -0.3 is 15.3 Å². The van der Waals surface area contributed by atoms with E-state index < -0.39 is 30.9 Å². The van der Waals surface area contributed by atoms with Gasteiger partial charge in [-0.1, -0.05) is 35.4 Å². The van der Waals surface area contributed by atoms with Crippen molar-refractivity contribution >= 4 is 24.9 Å². The molecule has 0 amide bonds. The Morgan fingerprint density at radius 1 is 0.784 bits per heavy atom. The number of carbonyl (C=O) groups excluding carboxylic acids is 2. The number of carbonyl (C=O) groups is 3. The molecule has 0 spiro atoms. The molecule has 1 fully saturated rings. The van der Waals surface area contributed by atoms with Crippen LogP contribution in [0.15, 0.2) is 24.3 Å². The molecule has 0 radical (unpaired) electrons. The lowest BCUT2D eigenvalue weighted by molar-refractivity contribution is -0.138. The van der Waals surface area contributed by atoms with Crippen LogP contribution < -0.4 is 0 Å². The second-order valence-electron chi connectivity index (χ2n) is 11.0. The minimum atomic E-state index is -2.29. The van der Waals surface area contributed by atoms with Gasteiger partial charge in [-0.05, 0) is 95.4 Å². The summed E-state index contributed by atoms with van der Waals surface area (Å²) in [6.45, 7) is 10.9. The summed E-state index contributed by atoms with van der Waals surface area (Å²) in [6.07, 6.45) is 1.75. The molecule has 0 saturated heterocycles. The average molecular weight is 527 g/mol. The highest BCUT2D eigenvalue weighted by Gasteiger charge is 2.48. The van der Waals surface area contributed by atoms with Crippen molar-refractivity contribution in [1.82, 2.24) is 0 Å². The van der Waals surface area contributed by atoms with Crippen LogP contribution in [0.1, 0.15) is 79.8 Å². The number of hydrogen-bond acceptors (Lipinski definition) is 5. The Balaban J connectivity index is 2.17. The fourth-order valence-corrected chi connectivity index (χ4v) is 8.90. The summed E-state index contributed by atoms with van der Waals surface area (Å²) in [4.78, 5) is 41.5. The summed E-state index contributed by atoms with van der Waals surface area (Å²) in [6, 6.07) is 7.59. The number of aliphatic hydroxyl groups excluding tert-OH is 2. The zero-order chi connectivity index (χ0) is 27.7. The van der Waals surface area contributed by atoms with Crippen LogP contribution in [-0.4, -0.2) is 51.2 Å². The van der Waals surface area contributed by atoms with Gasteiger partial charge in [0.2, 0.25) is 0 Å². The topological polar surface area (TPSA) is 112 Å². The molecule has 3 rings (SSSR count). The maximum absolute atomic E-state index is 14.3. The molecule has 7 heteroatoms. The Morgan fingerprint density at radius 2 is 1.14 bits per heavy atom. The molecule has 200 valence electrons. The highest BCUT2D eigenvalue weighted by molar-refractivity contribution is 7.91. The van der Waals surface area contributed by atoms with Gasteiger partial charge in [-0.2, -0.15) is 0 Å². The van der Waals surface area contributed by atoms with Crippen molar-refractivity contribution in [2.24, 2.45) is 11.3 Å². The fraction of sp³-hybridized carbons (Fsp3) is 0.500. The lowest BCUT2D eigenvalue weighted by Crippen LogP contribution is -2.40. The largest absolute Gasteiger partial charge is 0.481 e. The van der Waals surface area contributed by atoms with Crippen LogP contribution in [0.25, 0.3) is 0 Å². The van der Waals surface area contributed by atoms with Crippen LogP contribution in [0, 0.1) is 52.9 Å². The first-order chi connectivity index (χ1) is 17.4. The quantitative estimate of drug-likeness (QED) is 0.366. The summed E-state index contributed by atoms with van der Waals surface area (Å²) < 4.78 is 0. The number of aryl methyl sites for hydroxylation is 6. The summed E-state index contributed by atoms with van der Waals surface area (Å²) in [5.74, 6) is -1.54. The molecular formula is C30H39O6P. The summed E-state index contributed by atoms with van der Waals surface area (Å²) >= 11 is 0. The van der Waals surface area contributed by atoms with Crippen molar-refractivity contribution in [3.63, 3.8) is 0 Å². The van der Waals surface area contributed by atoms with Crippen molar-refractivity contribution in [3.8, 4) is 0 Å². The molecule has 2 aromatic rings. The van der Waals surface area contributed by atoms with Gasteiger partial charge in [0.05, 0.1) is 26.8 Å². The predicted molar refractivity (Wildman–Crippen MR) is 147 cm³/mol. The molecule has 1 aliphatic carbocycles. The molecule has 1 unspecified atom stereocenters. The third-order valence-electron chi connectivity index (χ3n) is 7.96. The molecule has 1 aliphatic rings. The van der Waals surface area contributed by atoms with E-state index >= 15 is 0 Å². The van der Waals surface area contributed by atoms with Gasteiger partial charge in [-0.15, -0.1) is 0 Å². The van der Waals surface area contributed by atoms with Gasteiger partial charge in [0.1, 0.15) is 0 Å². The number of carboxylic acids is 1. The number of carboxylic acid groups (broad SMARTS) is 1. The van der Waals surface area contributed by atoms with Crippen molar-refractivity contribution in [2.75, 3.05) is 13.2 Å². The van der Waals surface area contributed by atoms with Gasteiger partial charge in [-0.25, -0.2) is 0 Å². The van der Waals surface area contributed by atoms with Gasteiger partial charge in [-0.3, -0.25) is 14.4 Å². The van der Waals surface area contributed by atoms with Crippen molar-refractivity contribution in [2.45, 2.75) is 72.9 Å². The lowest BCUT2D eigenvalue weighted by Gasteiger charge is -2.40. The highest BCUT2D eigenvalue weighted by atomic mass is 31.1. The van der Waals surface area contributed by atoms with Crippen LogP contribution >= 0.6 is 7.92 Å². The fourth-order valence-electron chi connectivity index (χ4n) is 6.08. The summed E-state index contributed by atoms with van der Waals surface area (Å²) in [5.41, 5.74) is 3.28. The highest BCUT2D eigenvalue weighted by Crippen LogP contribution is 2.55. The molecule has 1 saturated carbocycles. The van der Waals surface area contributed by atoms with E-state index in [1.54, 1.807) is 0 Å². The van der Waals surface area contributed by atoms with Crippen LogP contribution in [0.5, 0.6) is 0 Å². The first-order valence-corrected chi connectivity index (χ1v) is 14.2. The minimum absolute atomic E-state index is 0.176. The number of aliphatic hydroxyl groups is 2.